The molecule has 0 bridgehead atoms. The molecule has 1 saturated heterocycles. The molecule has 0 unspecified atom stereocenters. The highest BCUT2D eigenvalue weighted by atomic mass is 16.3. The van der Waals surface area contributed by atoms with Crippen LogP contribution in [-0.4, -0.2) is 29.1 Å². The molecule has 25 heavy (non-hydrogen) atoms. The molecule has 0 aliphatic carbocycles. The Hall–Kier alpha value is -2.84. The Bertz CT molecular complexity index is 803. The van der Waals surface area contributed by atoms with E-state index in [4.69, 9.17) is 5.26 Å². The minimum atomic E-state index is -0.879. The predicted molar refractivity (Wildman–Crippen MR) is 96.1 cm³/mol. The van der Waals surface area contributed by atoms with Crippen LogP contribution in [0, 0.1) is 18.3 Å². The van der Waals surface area contributed by atoms with E-state index < -0.39 is 5.60 Å². The topological polar surface area (TPSA) is 76.4 Å². The molecule has 1 heterocycles. The fourth-order valence-corrected chi connectivity index (χ4v) is 3.14. The van der Waals surface area contributed by atoms with E-state index in [0.717, 1.165) is 11.1 Å². The molecule has 2 aromatic rings. The monoisotopic (exact) mass is 335 g/mol. The van der Waals surface area contributed by atoms with Crippen LogP contribution in [0.4, 0.5) is 10.5 Å². The first kappa shape index (κ1) is 17.0. The molecule has 0 atom stereocenters. The largest absolute Gasteiger partial charge is 0.385 e. The first-order valence-corrected chi connectivity index (χ1v) is 8.36. The van der Waals surface area contributed by atoms with Gasteiger partial charge in [-0.15, -0.1) is 0 Å². The van der Waals surface area contributed by atoms with Gasteiger partial charge in [-0.2, -0.15) is 5.26 Å². The molecule has 5 nitrogen and oxygen atoms in total. The van der Waals surface area contributed by atoms with Crippen LogP contribution in [0.15, 0.2) is 48.5 Å². The maximum atomic E-state index is 12.4. The van der Waals surface area contributed by atoms with Gasteiger partial charge in [0.1, 0.15) is 0 Å². The van der Waals surface area contributed by atoms with Gasteiger partial charge in [0.2, 0.25) is 0 Å². The lowest BCUT2D eigenvalue weighted by molar-refractivity contribution is -0.0156. The lowest BCUT2D eigenvalue weighted by Crippen LogP contribution is -2.46. The second-order valence-electron chi connectivity index (χ2n) is 6.46. The number of benzene rings is 2. The molecule has 0 saturated carbocycles. The summed E-state index contributed by atoms with van der Waals surface area (Å²) in [5.41, 5.74) is 2.06. The number of anilines is 1. The molecular formula is C20H21N3O2. The zero-order valence-electron chi connectivity index (χ0n) is 14.2. The third-order valence-corrected chi connectivity index (χ3v) is 4.80. The van der Waals surface area contributed by atoms with Crippen LogP contribution < -0.4 is 5.32 Å². The Morgan fingerprint density at radius 3 is 2.52 bits per heavy atom. The molecule has 2 N–H and O–H groups in total. The summed E-state index contributed by atoms with van der Waals surface area (Å²) in [5.74, 6) is 0. The Balaban J connectivity index is 1.63. The van der Waals surface area contributed by atoms with Crippen molar-refractivity contribution < 1.29 is 9.90 Å². The normalized spacial score (nSPS) is 16.1. The summed E-state index contributed by atoms with van der Waals surface area (Å²) in [7, 11) is 0. The van der Waals surface area contributed by atoms with Gasteiger partial charge in [0, 0.05) is 18.8 Å². The van der Waals surface area contributed by atoms with E-state index in [1.807, 2.05) is 43.3 Å². The number of aliphatic hydroxyl groups is 1. The average Bonchev–Trinajstić information content (AvgIpc) is 2.64. The number of urea groups is 1. The first-order chi connectivity index (χ1) is 12.0. The molecule has 1 fully saturated rings. The molecule has 0 spiro atoms. The second-order valence-corrected chi connectivity index (χ2v) is 6.46. The highest BCUT2D eigenvalue weighted by Crippen LogP contribution is 2.32. The average molecular weight is 335 g/mol. The van der Waals surface area contributed by atoms with Gasteiger partial charge >= 0.3 is 6.03 Å². The van der Waals surface area contributed by atoms with E-state index in [9.17, 15) is 9.90 Å². The molecule has 0 aromatic heterocycles. The number of hydrogen-bond donors (Lipinski definition) is 2. The van der Waals surface area contributed by atoms with Gasteiger partial charge in [-0.1, -0.05) is 36.4 Å². The van der Waals surface area contributed by atoms with Gasteiger partial charge in [0.25, 0.3) is 0 Å². The van der Waals surface area contributed by atoms with Gasteiger partial charge in [-0.05, 0) is 43.0 Å². The Kier molecular flexibility index (Phi) is 4.73. The van der Waals surface area contributed by atoms with Crippen molar-refractivity contribution in [2.45, 2.75) is 25.4 Å². The molecule has 128 valence electrons. The lowest BCUT2D eigenvalue weighted by Gasteiger charge is -2.38. The Morgan fingerprint density at radius 2 is 1.88 bits per heavy atom. The van der Waals surface area contributed by atoms with Crippen LogP contribution in [0.25, 0.3) is 0 Å². The van der Waals surface area contributed by atoms with Crippen molar-refractivity contribution in [1.82, 2.24) is 4.90 Å². The molecule has 2 amide bonds. The zero-order valence-corrected chi connectivity index (χ0v) is 14.2. The molecule has 0 radical (unpaired) electrons. The number of rotatable bonds is 2. The summed E-state index contributed by atoms with van der Waals surface area (Å²) in [6.45, 7) is 2.82. The summed E-state index contributed by atoms with van der Waals surface area (Å²) in [6.07, 6.45) is 1.00. The minimum Gasteiger partial charge on any atom is -0.385 e. The van der Waals surface area contributed by atoms with Gasteiger partial charge in [0.05, 0.1) is 17.2 Å². The highest BCUT2D eigenvalue weighted by molar-refractivity contribution is 5.89. The van der Waals surface area contributed by atoms with E-state index in [-0.39, 0.29) is 6.03 Å². The van der Waals surface area contributed by atoms with Crippen molar-refractivity contribution >= 4 is 11.7 Å². The van der Waals surface area contributed by atoms with E-state index in [1.165, 1.54) is 0 Å². The summed E-state index contributed by atoms with van der Waals surface area (Å²) in [5, 5.41) is 22.8. The van der Waals surface area contributed by atoms with E-state index in [0.29, 0.717) is 37.2 Å². The zero-order chi connectivity index (χ0) is 17.9. The summed E-state index contributed by atoms with van der Waals surface area (Å²) in [6, 6.07) is 16.8. The number of nitriles is 1. The van der Waals surface area contributed by atoms with Crippen LogP contribution in [-0.2, 0) is 5.60 Å². The third-order valence-electron chi connectivity index (χ3n) is 4.80. The summed E-state index contributed by atoms with van der Waals surface area (Å²) >= 11 is 0. The number of piperidine rings is 1. The third kappa shape index (κ3) is 3.65. The number of nitrogens with one attached hydrogen (secondary N) is 1. The number of aryl methyl sites for hydroxylation is 1. The number of hydrogen-bond acceptors (Lipinski definition) is 3. The highest BCUT2D eigenvalue weighted by Gasteiger charge is 2.35. The lowest BCUT2D eigenvalue weighted by atomic mass is 9.84. The van der Waals surface area contributed by atoms with Crippen molar-refractivity contribution in [1.29, 1.82) is 5.26 Å². The van der Waals surface area contributed by atoms with Crippen molar-refractivity contribution in [2.75, 3.05) is 18.4 Å². The molecule has 2 aromatic carbocycles. The molecule has 1 aliphatic rings. The maximum absolute atomic E-state index is 12.4. The number of nitrogens with zero attached hydrogens (tertiary/aromatic N) is 2. The van der Waals surface area contributed by atoms with Crippen molar-refractivity contribution in [2.24, 2.45) is 0 Å². The SMILES string of the molecule is Cc1ccc(NC(=O)N2CCC(O)(c3ccccc3)CC2)cc1C#N. The van der Waals surface area contributed by atoms with Crippen molar-refractivity contribution in [3.63, 3.8) is 0 Å². The fourth-order valence-electron chi connectivity index (χ4n) is 3.14. The number of amides is 2. The van der Waals surface area contributed by atoms with Crippen LogP contribution in [0.3, 0.4) is 0 Å². The van der Waals surface area contributed by atoms with E-state index in [2.05, 4.69) is 11.4 Å². The second kappa shape index (κ2) is 6.96. The first-order valence-electron chi connectivity index (χ1n) is 8.36. The standard InChI is InChI=1S/C20H21N3O2/c1-15-7-8-18(13-16(15)14-21)22-19(24)23-11-9-20(25,10-12-23)17-5-3-2-4-6-17/h2-8,13,25H,9-12H2,1H3,(H,22,24). The maximum Gasteiger partial charge on any atom is 0.321 e. The number of likely N-dealkylation sites (tertiary alicyclic amines) is 1. The van der Waals surface area contributed by atoms with Crippen molar-refractivity contribution in [3.8, 4) is 6.07 Å². The van der Waals surface area contributed by atoms with E-state index >= 15 is 0 Å². The number of carbonyl (C=O) groups excluding carboxylic acids is 1. The number of carbonyl (C=O) groups is 1. The Labute approximate surface area is 147 Å². The summed E-state index contributed by atoms with van der Waals surface area (Å²) < 4.78 is 0. The minimum absolute atomic E-state index is 0.206. The van der Waals surface area contributed by atoms with Gasteiger partial charge < -0.3 is 15.3 Å². The molecule has 5 heteroatoms. The molecule has 3 rings (SSSR count). The smallest absolute Gasteiger partial charge is 0.321 e. The quantitative estimate of drug-likeness (QED) is 0.883. The van der Waals surface area contributed by atoms with Crippen LogP contribution in [0.5, 0.6) is 0 Å². The van der Waals surface area contributed by atoms with Crippen LogP contribution >= 0.6 is 0 Å². The van der Waals surface area contributed by atoms with Gasteiger partial charge in [-0.25, -0.2) is 4.79 Å². The van der Waals surface area contributed by atoms with Crippen LogP contribution in [0.1, 0.15) is 29.5 Å². The molecular weight excluding hydrogens is 314 g/mol. The van der Waals surface area contributed by atoms with Crippen LogP contribution in [0.2, 0.25) is 0 Å². The predicted octanol–water partition coefficient (Wildman–Crippen LogP) is 3.38. The molecule has 1 aliphatic heterocycles. The Morgan fingerprint density at radius 1 is 1.20 bits per heavy atom. The fraction of sp³-hybridized carbons (Fsp3) is 0.300. The van der Waals surface area contributed by atoms with Gasteiger partial charge in [0.15, 0.2) is 0 Å². The van der Waals surface area contributed by atoms with E-state index in [1.54, 1.807) is 17.0 Å². The van der Waals surface area contributed by atoms with Crippen molar-refractivity contribution in [3.05, 3.63) is 65.2 Å². The summed E-state index contributed by atoms with van der Waals surface area (Å²) in [4.78, 5) is 14.1. The van der Waals surface area contributed by atoms with Gasteiger partial charge in [-0.3, -0.25) is 0 Å².